The average molecular weight is 627 g/mol. The van der Waals surface area contributed by atoms with Gasteiger partial charge in [-0.25, -0.2) is 0 Å². The Morgan fingerprint density at radius 3 is 1.92 bits per heavy atom. The summed E-state index contributed by atoms with van der Waals surface area (Å²) in [4.78, 5) is 0. The fourth-order valence-electron chi connectivity index (χ4n) is 6.25. The third-order valence-electron chi connectivity index (χ3n) is 8.95. The summed E-state index contributed by atoms with van der Waals surface area (Å²) in [5.74, 6) is 0. The molecule has 3 aromatic carbocycles. The summed E-state index contributed by atoms with van der Waals surface area (Å²) < 4.78 is 12.6. The number of allylic oxidation sites excluding steroid dienone is 4. The fourth-order valence-corrected chi connectivity index (χ4v) is 18.3. The number of rotatable bonds is 3. The second-order valence-corrected chi connectivity index (χ2v) is 28.0. The van der Waals surface area contributed by atoms with Crippen LogP contribution in [0.5, 0.6) is 0 Å². The van der Waals surface area contributed by atoms with Gasteiger partial charge in [-0.05, 0) is 0 Å². The van der Waals surface area contributed by atoms with Crippen LogP contribution in [0.25, 0.3) is 11.1 Å². The molecule has 0 nitrogen and oxygen atoms in total. The number of hydrogen-bond acceptors (Lipinski definition) is 0. The summed E-state index contributed by atoms with van der Waals surface area (Å²) in [6.45, 7) is 16.2. The predicted octanol–water partition coefficient (Wildman–Crippen LogP) is 8.97. The summed E-state index contributed by atoms with van der Waals surface area (Å²) in [6.07, 6.45) is 9.00. The van der Waals surface area contributed by atoms with Gasteiger partial charge in [-0.1, -0.05) is 0 Å². The standard InChI is InChI=1S/C21H25.C7H7.C5H5.CH3.CH2.2ClH.Zr/c1-20(2,3)16-9-7-14-11-15-8-10-17(21(4,5)6)13-19(15)18(14)12-16;1-7-5-3-2-4-6-7;1-2-4-5-3-1;;;;;/h7,9-10,12-13H,11H2,1-6H3;3-6H,1H3;1-3H,4H2;1H3;1H2;2*1H;. The van der Waals surface area contributed by atoms with Crippen LogP contribution >= 0.6 is 24.8 Å². The van der Waals surface area contributed by atoms with Crippen molar-refractivity contribution in [2.75, 3.05) is 0 Å². The Kier molecular flexibility index (Phi) is 8.28. The van der Waals surface area contributed by atoms with E-state index in [9.17, 15) is 0 Å². The predicted molar refractivity (Wildman–Crippen MR) is 172 cm³/mol. The first kappa shape index (κ1) is 31.0. The van der Waals surface area contributed by atoms with Crippen molar-refractivity contribution in [3.8, 4) is 11.1 Å². The minimum atomic E-state index is -4.12. The topological polar surface area (TPSA) is 0 Å². The third kappa shape index (κ3) is 4.93. The van der Waals surface area contributed by atoms with E-state index in [-0.39, 0.29) is 35.6 Å². The van der Waals surface area contributed by atoms with E-state index in [1.807, 2.05) is 0 Å². The molecule has 0 unspecified atom stereocenters. The van der Waals surface area contributed by atoms with Crippen molar-refractivity contribution in [2.24, 2.45) is 0 Å². The molecular formula is C35H44Cl2Zr. The van der Waals surface area contributed by atoms with Crippen molar-refractivity contribution in [2.45, 2.75) is 76.8 Å². The van der Waals surface area contributed by atoms with Crippen LogP contribution in [-0.2, 0) is 35.5 Å². The van der Waals surface area contributed by atoms with Gasteiger partial charge in [0.05, 0.1) is 0 Å². The zero-order valence-electron chi connectivity index (χ0n) is 24.4. The number of halogens is 2. The molecule has 0 amide bonds. The Balaban J connectivity index is 0.00000200. The summed E-state index contributed by atoms with van der Waals surface area (Å²) in [7, 11) is 0. The fraction of sp³-hybridized carbons (Fsp3) is 0.343. The van der Waals surface area contributed by atoms with Gasteiger partial charge in [0.15, 0.2) is 0 Å². The van der Waals surface area contributed by atoms with Gasteiger partial charge >= 0.3 is 221 Å². The molecule has 0 spiro atoms. The molecule has 3 heteroatoms. The summed E-state index contributed by atoms with van der Waals surface area (Å²) >= 11 is -4.12. The Morgan fingerprint density at radius 2 is 1.37 bits per heavy atom. The van der Waals surface area contributed by atoms with Crippen LogP contribution in [-0.4, -0.2) is 4.21 Å². The van der Waals surface area contributed by atoms with Crippen molar-refractivity contribution in [1.29, 1.82) is 0 Å². The molecule has 0 radical (unpaired) electrons. The van der Waals surface area contributed by atoms with Crippen molar-refractivity contribution < 1.29 is 18.3 Å². The molecule has 2 aliphatic rings. The SMILES string of the molecule is Cl.Cl.[CH2]=[Zr]([CH3])([C]1=CC=CC1)([c]1ccc(C)cc1)[c]1cc(C(C)(C)C)cc2c1Cc1ccc(C(C)(C)C)cc1-2. The van der Waals surface area contributed by atoms with Gasteiger partial charge in [-0.15, -0.1) is 24.8 Å². The number of aryl methyl sites for hydroxylation is 1. The van der Waals surface area contributed by atoms with Crippen LogP contribution in [0, 0.1) is 6.92 Å². The normalized spacial score (nSPS) is 14.8. The first-order valence-electron chi connectivity index (χ1n) is 13.5. The average Bonchev–Trinajstić information content (AvgIpc) is 3.46. The van der Waals surface area contributed by atoms with E-state index in [0.29, 0.717) is 0 Å². The van der Waals surface area contributed by atoms with Crippen LogP contribution in [0.2, 0.25) is 4.63 Å². The van der Waals surface area contributed by atoms with Gasteiger partial charge in [0.25, 0.3) is 0 Å². The van der Waals surface area contributed by atoms with E-state index in [1.54, 1.807) is 6.55 Å². The van der Waals surface area contributed by atoms with E-state index in [1.165, 1.54) is 42.2 Å². The van der Waals surface area contributed by atoms with Crippen LogP contribution in [0.1, 0.15) is 75.8 Å². The monoisotopic (exact) mass is 624 g/mol. The third-order valence-corrected chi connectivity index (χ3v) is 23.5. The van der Waals surface area contributed by atoms with Gasteiger partial charge in [0, 0.05) is 0 Å². The molecule has 0 heterocycles. The quantitative estimate of drug-likeness (QED) is 0.213. The molecule has 0 N–H and O–H groups in total. The molecular weight excluding hydrogens is 583 g/mol. The Labute approximate surface area is 244 Å². The van der Waals surface area contributed by atoms with Crippen LogP contribution < -0.4 is 6.54 Å². The molecule has 0 atom stereocenters. The molecule has 5 rings (SSSR count). The molecule has 0 fully saturated rings. The molecule has 0 bridgehead atoms. The van der Waals surface area contributed by atoms with Gasteiger partial charge in [-0.2, -0.15) is 0 Å². The first-order valence-corrected chi connectivity index (χ1v) is 21.4. The van der Waals surface area contributed by atoms with E-state index < -0.39 is 18.3 Å². The summed E-state index contributed by atoms with van der Waals surface area (Å²) in [5.41, 5.74) is 10.2. The zero-order valence-corrected chi connectivity index (χ0v) is 28.5. The number of benzene rings is 3. The summed E-state index contributed by atoms with van der Waals surface area (Å²) in [6, 6.07) is 21.7. The van der Waals surface area contributed by atoms with E-state index in [4.69, 9.17) is 4.21 Å². The number of hydrogen-bond donors (Lipinski definition) is 0. The number of fused-ring (bicyclic) bond motifs is 3. The van der Waals surface area contributed by atoms with Crippen molar-refractivity contribution in [3.63, 3.8) is 0 Å². The van der Waals surface area contributed by atoms with Gasteiger partial charge in [-0.3, -0.25) is 0 Å². The molecule has 0 aliphatic heterocycles. The van der Waals surface area contributed by atoms with E-state index >= 15 is 0 Å². The van der Waals surface area contributed by atoms with Crippen molar-refractivity contribution >= 4 is 35.6 Å². The molecule has 0 saturated carbocycles. The molecule has 0 saturated heterocycles. The van der Waals surface area contributed by atoms with Crippen molar-refractivity contribution in [1.82, 2.24) is 0 Å². The van der Waals surface area contributed by atoms with E-state index in [2.05, 4.69) is 126 Å². The Morgan fingerprint density at radius 1 is 0.763 bits per heavy atom. The molecule has 2 aliphatic carbocycles. The van der Waals surface area contributed by atoms with Crippen LogP contribution in [0.15, 0.2) is 76.1 Å². The molecule has 202 valence electrons. The first-order chi connectivity index (χ1) is 16.7. The molecule has 3 aromatic rings. The van der Waals surface area contributed by atoms with Crippen molar-refractivity contribution in [3.05, 3.63) is 104 Å². The van der Waals surface area contributed by atoms with Gasteiger partial charge < -0.3 is 0 Å². The summed E-state index contributed by atoms with van der Waals surface area (Å²) in [5, 5.41) is 0. The second-order valence-electron chi connectivity index (χ2n) is 13.8. The Hall–Kier alpha value is -1.53. The maximum absolute atomic E-state index is 5.38. The van der Waals surface area contributed by atoms with Crippen LogP contribution in [0.4, 0.5) is 0 Å². The van der Waals surface area contributed by atoms with Gasteiger partial charge in [0.2, 0.25) is 0 Å². The van der Waals surface area contributed by atoms with Gasteiger partial charge in [0.1, 0.15) is 0 Å². The van der Waals surface area contributed by atoms with Crippen LogP contribution in [0.3, 0.4) is 0 Å². The molecule has 0 aromatic heterocycles. The maximum atomic E-state index is 5.38. The minimum absolute atomic E-state index is 0. The van der Waals surface area contributed by atoms with E-state index in [0.717, 1.165) is 12.8 Å². The zero-order chi connectivity index (χ0) is 26.1. The molecule has 38 heavy (non-hydrogen) atoms. The second kappa shape index (κ2) is 10.1. The Bertz CT molecular complexity index is 1510.